The zero-order valence-corrected chi connectivity index (χ0v) is 19.8. The number of rotatable bonds is 7. The summed E-state index contributed by atoms with van der Waals surface area (Å²) in [6.45, 7) is 5.40. The molecule has 0 saturated heterocycles. The maximum absolute atomic E-state index is 13.4. The number of nitrogens with zero attached hydrogens (tertiary/aromatic N) is 2. The first-order chi connectivity index (χ1) is 16.8. The van der Waals surface area contributed by atoms with E-state index in [0.29, 0.717) is 29.4 Å². The molecule has 0 aliphatic carbocycles. The van der Waals surface area contributed by atoms with Crippen molar-refractivity contribution in [3.8, 4) is 11.3 Å². The molecule has 6 nitrogen and oxygen atoms in total. The molecule has 0 atom stereocenters. The number of nitrogens with one attached hydrogen (secondary N) is 1. The Morgan fingerprint density at radius 3 is 2.46 bits per heavy atom. The van der Waals surface area contributed by atoms with Crippen molar-refractivity contribution in [2.45, 2.75) is 32.8 Å². The monoisotopic (exact) mass is 471 g/mol. The maximum atomic E-state index is 13.4. The highest BCUT2D eigenvalue weighted by atomic mass is 19.1. The number of halogens is 1. The van der Waals surface area contributed by atoms with Crippen LogP contribution in [0.15, 0.2) is 89.3 Å². The molecule has 0 amide bonds. The molecule has 2 aromatic carbocycles. The van der Waals surface area contributed by atoms with Gasteiger partial charge in [-0.2, -0.15) is 0 Å². The zero-order valence-electron chi connectivity index (χ0n) is 19.8. The molecule has 35 heavy (non-hydrogen) atoms. The van der Waals surface area contributed by atoms with Crippen LogP contribution < -0.4 is 5.32 Å². The summed E-state index contributed by atoms with van der Waals surface area (Å²) in [5, 5.41) is 3.11. The molecule has 178 valence electrons. The van der Waals surface area contributed by atoms with Gasteiger partial charge in [-0.1, -0.05) is 30.3 Å². The van der Waals surface area contributed by atoms with Crippen LogP contribution in [0.3, 0.4) is 0 Å². The average Bonchev–Trinajstić information content (AvgIpc) is 3.33. The van der Waals surface area contributed by atoms with Crippen LogP contribution in [0.1, 0.15) is 37.8 Å². The molecule has 0 saturated carbocycles. The number of furan rings is 1. The Kier molecular flexibility index (Phi) is 7.06. The molecule has 0 fully saturated rings. The molecule has 0 radical (unpaired) electrons. The van der Waals surface area contributed by atoms with Crippen molar-refractivity contribution in [1.29, 1.82) is 0 Å². The predicted octanol–water partition coefficient (Wildman–Crippen LogP) is 6.26. The Balaban J connectivity index is 1.73. The summed E-state index contributed by atoms with van der Waals surface area (Å²) in [6, 6.07) is 19.4. The number of esters is 1. The quantitative estimate of drug-likeness (QED) is 0.253. The normalized spacial score (nSPS) is 11.8. The highest BCUT2D eigenvalue weighted by molar-refractivity contribution is 5.96. The van der Waals surface area contributed by atoms with E-state index in [4.69, 9.17) is 14.1 Å². The molecule has 0 unspecified atom stereocenters. The molecule has 4 rings (SSSR count). The third-order valence-corrected chi connectivity index (χ3v) is 4.90. The van der Waals surface area contributed by atoms with Gasteiger partial charge in [-0.25, -0.2) is 19.2 Å². The first-order valence-electron chi connectivity index (χ1n) is 11.2. The fraction of sp³-hybridized carbons (Fsp3) is 0.179. The van der Waals surface area contributed by atoms with Gasteiger partial charge in [0.2, 0.25) is 0 Å². The average molecular weight is 472 g/mol. The molecular weight excluding hydrogens is 445 g/mol. The fourth-order valence-corrected chi connectivity index (χ4v) is 3.33. The second-order valence-electron chi connectivity index (χ2n) is 8.92. The van der Waals surface area contributed by atoms with E-state index in [1.807, 2.05) is 30.3 Å². The van der Waals surface area contributed by atoms with Crippen LogP contribution in [0.5, 0.6) is 0 Å². The lowest BCUT2D eigenvalue weighted by Crippen LogP contribution is -2.27. The van der Waals surface area contributed by atoms with E-state index in [0.717, 1.165) is 11.1 Å². The number of carbonyl (C=O) groups is 1. The van der Waals surface area contributed by atoms with Gasteiger partial charge in [-0.15, -0.1) is 0 Å². The molecule has 0 spiro atoms. The fourth-order valence-electron chi connectivity index (χ4n) is 3.33. The van der Waals surface area contributed by atoms with E-state index in [1.165, 1.54) is 18.4 Å². The van der Waals surface area contributed by atoms with Gasteiger partial charge in [0.05, 0.1) is 23.8 Å². The van der Waals surface area contributed by atoms with Crippen LogP contribution in [-0.4, -0.2) is 21.5 Å². The topological polar surface area (TPSA) is 77.2 Å². The Labute approximate surface area is 203 Å². The molecule has 2 aromatic heterocycles. The van der Waals surface area contributed by atoms with Gasteiger partial charge < -0.3 is 14.5 Å². The second kappa shape index (κ2) is 10.3. The number of carbonyl (C=O) groups excluding carboxylic acids is 1. The summed E-state index contributed by atoms with van der Waals surface area (Å²) in [7, 11) is 0. The summed E-state index contributed by atoms with van der Waals surface area (Å²) in [4.78, 5) is 22.4. The van der Waals surface area contributed by atoms with Crippen LogP contribution in [0.2, 0.25) is 0 Å². The molecule has 2 heterocycles. The van der Waals surface area contributed by atoms with Gasteiger partial charge in [-0.3, -0.25) is 0 Å². The molecule has 7 heteroatoms. The third kappa shape index (κ3) is 6.63. The minimum Gasteiger partial charge on any atom is -0.465 e. The third-order valence-electron chi connectivity index (χ3n) is 4.90. The van der Waals surface area contributed by atoms with Crippen molar-refractivity contribution in [2.24, 2.45) is 0 Å². The minimum absolute atomic E-state index is 0.160. The van der Waals surface area contributed by atoms with E-state index < -0.39 is 11.6 Å². The summed E-state index contributed by atoms with van der Waals surface area (Å²) >= 11 is 0. The van der Waals surface area contributed by atoms with Crippen LogP contribution >= 0.6 is 0 Å². The Morgan fingerprint density at radius 2 is 1.80 bits per heavy atom. The van der Waals surface area contributed by atoms with Crippen LogP contribution in [0.4, 0.5) is 10.2 Å². The zero-order chi connectivity index (χ0) is 24.8. The predicted molar refractivity (Wildman–Crippen MR) is 133 cm³/mol. The molecule has 1 N–H and O–H groups in total. The smallest absolute Gasteiger partial charge is 0.355 e. The summed E-state index contributed by atoms with van der Waals surface area (Å²) < 4.78 is 24.4. The Morgan fingerprint density at radius 1 is 1.06 bits per heavy atom. The number of benzene rings is 2. The number of hydrogen-bond acceptors (Lipinski definition) is 6. The van der Waals surface area contributed by atoms with Crippen LogP contribution in [0, 0.1) is 5.82 Å². The lowest BCUT2D eigenvalue weighted by atomic mass is 10.1. The lowest BCUT2D eigenvalue weighted by Gasteiger charge is -2.21. The maximum Gasteiger partial charge on any atom is 0.355 e. The number of aromatic nitrogens is 2. The molecule has 0 aliphatic heterocycles. The molecule has 0 aliphatic rings. The van der Waals surface area contributed by atoms with Crippen LogP contribution in [-0.2, 0) is 16.0 Å². The van der Waals surface area contributed by atoms with Crippen molar-refractivity contribution in [1.82, 2.24) is 9.97 Å². The molecule has 4 aromatic rings. The van der Waals surface area contributed by atoms with E-state index in [1.54, 1.807) is 57.3 Å². The van der Waals surface area contributed by atoms with Gasteiger partial charge in [-0.05, 0) is 62.7 Å². The number of hydrogen-bond donors (Lipinski definition) is 1. The van der Waals surface area contributed by atoms with E-state index in [9.17, 15) is 9.18 Å². The van der Waals surface area contributed by atoms with Gasteiger partial charge in [0, 0.05) is 18.1 Å². The van der Waals surface area contributed by atoms with Crippen molar-refractivity contribution >= 4 is 17.9 Å². The van der Waals surface area contributed by atoms with Crippen molar-refractivity contribution in [2.75, 3.05) is 5.32 Å². The van der Waals surface area contributed by atoms with Crippen molar-refractivity contribution in [3.05, 3.63) is 108 Å². The largest absolute Gasteiger partial charge is 0.465 e. The van der Waals surface area contributed by atoms with Gasteiger partial charge in [0.15, 0.2) is 5.82 Å². The summed E-state index contributed by atoms with van der Waals surface area (Å²) in [5.41, 5.74) is 2.44. The number of ether oxygens (including phenoxy) is 1. The van der Waals surface area contributed by atoms with E-state index in [-0.39, 0.29) is 11.5 Å². The van der Waals surface area contributed by atoms with Crippen LogP contribution in [0.25, 0.3) is 17.3 Å². The lowest BCUT2D eigenvalue weighted by molar-refractivity contribution is -0.149. The second-order valence-corrected chi connectivity index (χ2v) is 8.92. The minimum atomic E-state index is -0.688. The van der Waals surface area contributed by atoms with Gasteiger partial charge in [0.1, 0.15) is 22.9 Å². The highest BCUT2D eigenvalue weighted by Gasteiger charge is 2.22. The summed E-state index contributed by atoms with van der Waals surface area (Å²) in [6.07, 6.45) is 5.14. The standard InChI is InChI=1S/C28H26FN3O3/c1-28(2,3)35-27(33)24(17-22-10-7-15-34-22)32-26-23(16-19-8-5-4-6-9-19)31-25(18-30-26)20-11-13-21(29)14-12-20/h4-15,17-18H,16H2,1-3H3,(H,30,32). The highest BCUT2D eigenvalue weighted by Crippen LogP contribution is 2.24. The Hall–Kier alpha value is -4.26. The van der Waals surface area contributed by atoms with E-state index in [2.05, 4.69) is 10.3 Å². The van der Waals surface area contributed by atoms with Crippen molar-refractivity contribution < 1.29 is 18.3 Å². The van der Waals surface area contributed by atoms with Gasteiger partial charge in [0.25, 0.3) is 0 Å². The first kappa shape index (κ1) is 23.9. The first-order valence-corrected chi connectivity index (χ1v) is 11.2. The van der Waals surface area contributed by atoms with Crippen molar-refractivity contribution in [3.63, 3.8) is 0 Å². The SMILES string of the molecule is CC(C)(C)OC(=O)C(=Cc1ccco1)Nc1ncc(-c2ccc(F)cc2)nc1Cc1ccccc1. The Bertz CT molecular complexity index is 1310. The van der Waals surface area contributed by atoms with E-state index >= 15 is 0 Å². The van der Waals surface area contributed by atoms with Gasteiger partial charge >= 0.3 is 5.97 Å². The molecular formula is C28H26FN3O3. The molecule has 0 bridgehead atoms. The summed E-state index contributed by atoms with van der Waals surface area (Å²) in [5.74, 6) is 0.0146. The number of anilines is 1.